The normalized spacial score (nSPS) is 13.9. The van der Waals surface area contributed by atoms with Gasteiger partial charge in [-0.05, 0) is 30.5 Å². The molecular formula is C13H12O. The summed E-state index contributed by atoms with van der Waals surface area (Å²) in [6, 6.07) is 6.01. The van der Waals surface area contributed by atoms with Gasteiger partial charge >= 0.3 is 0 Å². The monoisotopic (exact) mass is 184 g/mol. The molecule has 0 spiro atoms. The van der Waals surface area contributed by atoms with Gasteiger partial charge in [-0.25, -0.2) is 0 Å². The van der Waals surface area contributed by atoms with Crippen LogP contribution in [0.25, 0.3) is 6.08 Å². The first kappa shape index (κ1) is 8.95. The third-order valence-electron chi connectivity index (χ3n) is 2.38. The van der Waals surface area contributed by atoms with Crippen molar-refractivity contribution in [1.82, 2.24) is 0 Å². The number of allylic oxidation sites excluding steroid dienone is 3. The number of carbonyl (C=O) groups excluding carboxylic acids is 1. The van der Waals surface area contributed by atoms with Gasteiger partial charge < -0.3 is 0 Å². The number of rotatable bonds is 2. The first-order chi connectivity index (χ1) is 6.81. The van der Waals surface area contributed by atoms with E-state index < -0.39 is 0 Å². The molecule has 0 aliphatic heterocycles. The molecule has 1 aromatic rings. The number of carbonyl (C=O) groups is 1. The quantitative estimate of drug-likeness (QED) is 0.646. The molecule has 0 N–H and O–H groups in total. The average Bonchev–Trinajstić information content (AvgIpc) is 2.57. The van der Waals surface area contributed by atoms with Gasteiger partial charge in [-0.3, -0.25) is 4.79 Å². The van der Waals surface area contributed by atoms with E-state index in [1.165, 1.54) is 5.56 Å². The first-order valence-corrected chi connectivity index (χ1v) is 4.78. The summed E-state index contributed by atoms with van der Waals surface area (Å²) in [5.41, 5.74) is 3.13. The molecule has 0 saturated heterocycles. The fourth-order valence-electron chi connectivity index (χ4n) is 1.61. The van der Waals surface area contributed by atoms with Gasteiger partial charge in [0, 0.05) is 5.56 Å². The predicted octanol–water partition coefficient (Wildman–Crippen LogP) is 3.01. The molecule has 0 unspecified atom stereocenters. The molecule has 0 amide bonds. The topological polar surface area (TPSA) is 17.1 Å². The van der Waals surface area contributed by atoms with E-state index in [9.17, 15) is 4.79 Å². The van der Waals surface area contributed by atoms with E-state index in [2.05, 4.69) is 12.1 Å². The summed E-state index contributed by atoms with van der Waals surface area (Å²) < 4.78 is 0. The Bertz CT molecular complexity index is 425. The second-order valence-electron chi connectivity index (χ2n) is 3.39. The van der Waals surface area contributed by atoms with Crippen LogP contribution >= 0.6 is 0 Å². The van der Waals surface area contributed by atoms with Crippen LogP contribution in [0, 0.1) is 0 Å². The van der Waals surface area contributed by atoms with Gasteiger partial charge in [-0.1, -0.05) is 36.4 Å². The number of hydrogen-bond donors (Lipinski definition) is 0. The van der Waals surface area contributed by atoms with Crippen molar-refractivity contribution < 1.29 is 4.79 Å². The molecule has 1 aliphatic rings. The fraction of sp³-hybridized carbons (Fsp3) is 0.154. The minimum Gasteiger partial charge on any atom is -0.289 e. The van der Waals surface area contributed by atoms with Crippen LogP contribution in [0.5, 0.6) is 0 Å². The van der Waals surface area contributed by atoms with Crippen LogP contribution in [-0.2, 0) is 6.42 Å². The Morgan fingerprint density at radius 1 is 1.29 bits per heavy atom. The molecule has 0 atom stereocenters. The van der Waals surface area contributed by atoms with Crippen molar-refractivity contribution in [1.29, 1.82) is 0 Å². The second-order valence-corrected chi connectivity index (χ2v) is 3.39. The summed E-state index contributed by atoms with van der Waals surface area (Å²) in [6.07, 6.45) is 8.60. The number of hydrogen-bond acceptors (Lipinski definition) is 1. The number of fused-ring (bicyclic) bond motifs is 1. The van der Waals surface area contributed by atoms with E-state index in [4.69, 9.17) is 0 Å². The van der Waals surface area contributed by atoms with Crippen molar-refractivity contribution in [2.24, 2.45) is 0 Å². The molecule has 0 heterocycles. The highest BCUT2D eigenvalue weighted by Gasteiger charge is 2.12. The smallest absolute Gasteiger partial charge is 0.186 e. The Labute approximate surface area is 83.8 Å². The van der Waals surface area contributed by atoms with Gasteiger partial charge in [0.15, 0.2) is 5.78 Å². The summed E-state index contributed by atoms with van der Waals surface area (Å²) >= 11 is 0. The van der Waals surface area contributed by atoms with Crippen LogP contribution in [0.2, 0.25) is 0 Å². The maximum Gasteiger partial charge on any atom is 0.186 e. The maximum absolute atomic E-state index is 11.3. The van der Waals surface area contributed by atoms with Crippen LogP contribution in [0.4, 0.5) is 0 Å². The Kier molecular flexibility index (Phi) is 2.32. The largest absolute Gasteiger partial charge is 0.289 e. The lowest BCUT2D eigenvalue weighted by molar-refractivity contribution is 0.105. The molecule has 2 rings (SSSR count). The van der Waals surface area contributed by atoms with Gasteiger partial charge in [-0.15, -0.1) is 0 Å². The molecule has 0 aromatic heterocycles. The summed E-state index contributed by atoms with van der Waals surface area (Å²) in [4.78, 5) is 11.3. The van der Waals surface area contributed by atoms with Gasteiger partial charge in [0.1, 0.15) is 0 Å². The summed E-state index contributed by atoms with van der Waals surface area (Å²) in [5, 5.41) is 0. The SMILES string of the molecule is C/C=C/Cc1ccc2c(c1)C=CC2=O. The predicted molar refractivity (Wildman–Crippen MR) is 58.3 cm³/mol. The lowest BCUT2D eigenvalue weighted by Gasteiger charge is -2.00. The average molecular weight is 184 g/mol. The van der Waals surface area contributed by atoms with Crippen molar-refractivity contribution >= 4 is 11.9 Å². The summed E-state index contributed by atoms with van der Waals surface area (Å²) in [6.45, 7) is 2.01. The second kappa shape index (κ2) is 3.62. The standard InChI is InChI=1S/C13H12O/c1-2-3-4-10-5-7-12-11(9-10)6-8-13(12)14/h2-3,5-9H,4H2,1H3/b3-2+. The Balaban J connectivity index is 2.32. The van der Waals surface area contributed by atoms with Gasteiger partial charge in [0.2, 0.25) is 0 Å². The lowest BCUT2D eigenvalue weighted by Crippen LogP contribution is -1.92. The zero-order valence-corrected chi connectivity index (χ0v) is 8.16. The van der Waals surface area contributed by atoms with Crippen molar-refractivity contribution in [3.8, 4) is 0 Å². The lowest BCUT2D eigenvalue weighted by atomic mass is 10.0. The first-order valence-electron chi connectivity index (χ1n) is 4.78. The van der Waals surface area contributed by atoms with E-state index in [1.54, 1.807) is 6.08 Å². The van der Waals surface area contributed by atoms with Gasteiger partial charge in [0.25, 0.3) is 0 Å². The summed E-state index contributed by atoms with van der Waals surface area (Å²) in [5.74, 6) is 0.123. The Morgan fingerprint density at radius 2 is 2.14 bits per heavy atom. The van der Waals surface area contributed by atoms with Crippen LogP contribution in [-0.4, -0.2) is 5.78 Å². The van der Waals surface area contributed by atoms with Crippen LogP contribution < -0.4 is 0 Å². The molecule has 1 aromatic carbocycles. The van der Waals surface area contributed by atoms with E-state index in [-0.39, 0.29) is 5.78 Å². The van der Waals surface area contributed by atoms with E-state index in [0.717, 1.165) is 17.5 Å². The molecule has 0 fully saturated rings. The van der Waals surface area contributed by atoms with Crippen LogP contribution in [0.1, 0.15) is 28.4 Å². The van der Waals surface area contributed by atoms with Crippen molar-refractivity contribution in [2.45, 2.75) is 13.3 Å². The van der Waals surface area contributed by atoms with Gasteiger partial charge in [0.05, 0.1) is 0 Å². The number of benzene rings is 1. The Hall–Kier alpha value is -1.63. The van der Waals surface area contributed by atoms with Gasteiger partial charge in [-0.2, -0.15) is 0 Å². The van der Waals surface area contributed by atoms with Crippen LogP contribution in [0.3, 0.4) is 0 Å². The molecule has 0 radical (unpaired) electrons. The third-order valence-corrected chi connectivity index (χ3v) is 2.38. The van der Waals surface area contributed by atoms with Crippen molar-refractivity contribution in [3.63, 3.8) is 0 Å². The molecule has 70 valence electrons. The Morgan fingerprint density at radius 3 is 2.93 bits per heavy atom. The molecule has 14 heavy (non-hydrogen) atoms. The molecule has 0 bridgehead atoms. The zero-order chi connectivity index (χ0) is 9.97. The number of ketones is 1. The maximum atomic E-state index is 11.3. The van der Waals surface area contributed by atoms with E-state index in [1.807, 2.05) is 31.2 Å². The molecule has 1 nitrogen and oxygen atoms in total. The van der Waals surface area contributed by atoms with Crippen LogP contribution in [0.15, 0.2) is 36.4 Å². The molecular weight excluding hydrogens is 172 g/mol. The highest BCUT2D eigenvalue weighted by molar-refractivity contribution is 6.13. The molecule has 1 heteroatoms. The minimum atomic E-state index is 0.123. The highest BCUT2D eigenvalue weighted by atomic mass is 16.1. The zero-order valence-electron chi connectivity index (χ0n) is 8.16. The van der Waals surface area contributed by atoms with E-state index in [0.29, 0.717) is 0 Å². The van der Waals surface area contributed by atoms with E-state index >= 15 is 0 Å². The molecule has 1 aliphatic carbocycles. The highest BCUT2D eigenvalue weighted by Crippen LogP contribution is 2.20. The van der Waals surface area contributed by atoms with Crippen molar-refractivity contribution in [2.75, 3.05) is 0 Å². The van der Waals surface area contributed by atoms with Crippen molar-refractivity contribution in [3.05, 3.63) is 53.1 Å². The summed E-state index contributed by atoms with van der Waals surface area (Å²) in [7, 11) is 0. The minimum absolute atomic E-state index is 0.123. The molecule has 0 saturated carbocycles. The fourth-order valence-corrected chi connectivity index (χ4v) is 1.61. The third kappa shape index (κ3) is 1.53.